The highest BCUT2D eigenvalue weighted by molar-refractivity contribution is 7.93. The van der Waals surface area contributed by atoms with Gasteiger partial charge in [0.25, 0.3) is 15.9 Å². The molecule has 0 atom stereocenters. The molecule has 4 rings (SSSR count). The second kappa shape index (κ2) is 7.63. The molecule has 2 heterocycles. The number of aryl methyl sites for hydroxylation is 2. The first-order valence-electron chi connectivity index (χ1n) is 9.80. The number of hydrogen-bond acceptors (Lipinski definition) is 4. The summed E-state index contributed by atoms with van der Waals surface area (Å²) in [5.74, 6) is 0.00464. The van der Waals surface area contributed by atoms with Crippen LogP contribution in [0.1, 0.15) is 40.1 Å². The second-order valence-electron chi connectivity index (χ2n) is 7.67. The number of anilines is 1. The van der Waals surface area contributed by atoms with E-state index in [9.17, 15) is 13.2 Å². The predicted molar refractivity (Wildman–Crippen MR) is 118 cm³/mol. The lowest BCUT2D eigenvalue weighted by atomic mass is 10.0. The summed E-state index contributed by atoms with van der Waals surface area (Å²) in [6, 6.07) is 8.51. The molecule has 6 nitrogen and oxygen atoms in total. The van der Waals surface area contributed by atoms with Gasteiger partial charge < -0.3 is 9.32 Å². The number of furan rings is 1. The first-order valence-corrected chi connectivity index (χ1v) is 11.7. The molecule has 0 radical (unpaired) electrons. The lowest BCUT2D eigenvalue weighted by molar-refractivity contribution is 0.0762. The Morgan fingerprint density at radius 2 is 1.77 bits per heavy atom. The number of para-hydroxylation sites is 1. The van der Waals surface area contributed by atoms with Gasteiger partial charge in [-0.15, -0.1) is 0 Å². The summed E-state index contributed by atoms with van der Waals surface area (Å²) in [4.78, 5) is 14.7. The topological polar surface area (TPSA) is 79.6 Å². The van der Waals surface area contributed by atoms with E-state index in [0.29, 0.717) is 34.6 Å². The number of likely N-dealkylation sites (tertiary alicyclic amines) is 1. The Hall–Kier alpha value is -2.51. The number of benzene rings is 2. The summed E-state index contributed by atoms with van der Waals surface area (Å²) in [6.45, 7) is 6.74. The molecule has 1 aliphatic heterocycles. The van der Waals surface area contributed by atoms with Gasteiger partial charge in [0.2, 0.25) is 0 Å². The quantitative estimate of drug-likeness (QED) is 0.608. The van der Waals surface area contributed by atoms with E-state index in [0.717, 1.165) is 18.4 Å². The number of carbonyl (C=O) groups is 1. The zero-order valence-electron chi connectivity index (χ0n) is 17.1. The van der Waals surface area contributed by atoms with E-state index in [2.05, 4.69) is 4.72 Å². The number of nitrogens with one attached hydrogen (secondary N) is 1. The van der Waals surface area contributed by atoms with E-state index in [1.165, 1.54) is 0 Å². The highest BCUT2D eigenvalue weighted by Crippen LogP contribution is 2.36. The summed E-state index contributed by atoms with van der Waals surface area (Å²) >= 11 is 6.15. The molecule has 2 aromatic carbocycles. The molecular formula is C22H23ClN2O4S. The lowest BCUT2D eigenvalue weighted by Gasteiger charge is -2.14. The van der Waals surface area contributed by atoms with Crippen molar-refractivity contribution in [3.63, 3.8) is 0 Å². The number of amides is 1. The van der Waals surface area contributed by atoms with Crippen molar-refractivity contribution in [2.75, 3.05) is 17.8 Å². The third kappa shape index (κ3) is 3.46. The van der Waals surface area contributed by atoms with E-state index in [4.69, 9.17) is 16.0 Å². The zero-order chi connectivity index (χ0) is 21.6. The van der Waals surface area contributed by atoms with Gasteiger partial charge in [-0.2, -0.15) is 0 Å². The first-order chi connectivity index (χ1) is 14.2. The van der Waals surface area contributed by atoms with Gasteiger partial charge in [-0.25, -0.2) is 8.42 Å². The minimum atomic E-state index is -4.02. The van der Waals surface area contributed by atoms with Crippen LogP contribution in [0.2, 0.25) is 5.02 Å². The van der Waals surface area contributed by atoms with Crippen LogP contribution in [0.4, 0.5) is 5.69 Å². The molecule has 158 valence electrons. The van der Waals surface area contributed by atoms with Gasteiger partial charge in [0.15, 0.2) is 11.3 Å². The third-order valence-electron chi connectivity index (χ3n) is 5.67. The van der Waals surface area contributed by atoms with Crippen LogP contribution in [0.25, 0.3) is 11.0 Å². The molecular weight excluding hydrogens is 424 g/mol. The van der Waals surface area contributed by atoms with E-state index >= 15 is 0 Å². The monoisotopic (exact) mass is 446 g/mol. The fourth-order valence-electron chi connectivity index (χ4n) is 3.87. The normalized spacial score (nSPS) is 14.5. The van der Waals surface area contributed by atoms with E-state index in [1.807, 2.05) is 13.0 Å². The molecule has 0 unspecified atom stereocenters. The summed E-state index contributed by atoms with van der Waals surface area (Å²) in [5, 5.41) is 0.920. The van der Waals surface area contributed by atoms with Crippen molar-refractivity contribution in [3.8, 4) is 0 Å². The van der Waals surface area contributed by atoms with E-state index < -0.39 is 10.0 Å². The van der Waals surface area contributed by atoms with Crippen LogP contribution in [0.5, 0.6) is 0 Å². The number of carbonyl (C=O) groups excluding carboxylic acids is 1. The Bertz CT molecular complexity index is 1260. The molecule has 0 bridgehead atoms. The Labute approximate surface area is 180 Å². The number of halogens is 1. The van der Waals surface area contributed by atoms with Gasteiger partial charge in [0.1, 0.15) is 4.90 Å². The van der Waals surface area contributed by atoms with Crippen LogP contribution >= 0.6 is 11.6 Å². The number of hydrogen-bond donors (Lipinski definition) is 1. The average molecular weight is 447 g/mol. The fourth-order valence-corrected chi connectivity index (χ4v) is 5.64. The van der Waals surface area contributed by atoms with Crippen LogP contribution in [0, 0.1) is 20.8 Å². The van der Waals surface area contributed by atoms with Crippen molar-refractivity contribution >= 4 is 44.2 Å². The van der Waals surface area contributed by atoms with Crippen molar-refractivity contribution < 1.29 is 17.6 Å². The van der Waals surface area contributed by atoms with Crippen LogP contribution in [0.3, 0.4) is 0 Å². The molecule has 30 heavy (non-hydrogen) atoms. The molecule has 8 heteroatoms. The Morgan fingerprint density at radius 1 is 1.10 bits per heavy atom. The highest BCUT2D eigenvalue weighted by atomic mass is 35.5. The van der Waals surface area contributed by atoms with E-state index in [-0.39, 0.29) is 27.8 Å². The highest BCUT2D eigenvalue weighted by Gasteiger charge is 2.30. The third-order valence-corrected chi connectivity index (χ3v) is 7.51. The standard InChI is InChI=1S/C22H23ClN2O4S/c1-13-12-16-15(3)19(22(26)25-10-6-7-11-25)29-20(16)21(14(13)2)30(27,28)24-18-9-5-4-8-17(18)23/h4-5,8-9,12,24H,6-7,10-11H2,1-3H3. The summed E-state index contributed by atoms with van der Waals surface area (Å²) in [6.07, 6.45) is 1.93. The average Bonchev–Trinajstić information content (AvgIpc) is 3.33. The molecule has 0 aliphatic carbocycles. The van der Waals surface area contributed by atoms with Crippen molar-refractivity contribution in [1.29, 1.82) is 0 Å². The van der Waals surface area contributed by atoms with Gasteiger partial charge >= 0.3 is 0 Å². The molecule has 1 saturated heterocycles. The van der Waals surface area contributed by atoms with Crippen LogP contribution < -0.4 is 4.72 Å². The maximum absolute atomic E-state index is 13.4. The van der Waals surface area contributed by atoms with E-state index in [1.54, 1.807) is 43.0 Å². The zero-order valence-corrected chi connectivity index (χ0v) is 18.7. The Balaban J connectivity index is 1.89. The maximum atomic E-state index is 13.4. The minimum absolute atomic E-state index is 0.0287. The van der Waals surface area contributed by atoms with Crippen LogP contribution in [-0.2, 0) is 10.0 Å². The molecule has 1 amide bonds. The largest absolute Gasteiger partial charge is 0.449 e. The molecule has 3 aromatic rings. The summed E-state index contributed by atoms with van der Waals surface area (Å²) in [7, 11) is -4.02. The molecule has 1 aliphatic rings. The fraction of sp³-hybridized carbons (Fsp3) is 0.318. The Kier molecular flexibility index (Phi) is 5.28. The minimum Gasteiger partial charge on any atom is -0.449 e. The molecule has 0 saturated carbocycles. The van der Waals surface area contributed by atoms with Crippen molar-refractivity contribution in [2.45, 2.75) is 38.5 Å². The van der Waals surface area contributed by atoms with Crippen LogP contribution in [-0.4, -0.2) is 32.3 Å². The Morgan fingerprint density at radius 3 is 2.43 bits per heavy atom. The van der Waals surface area contributed by atoms with Crippen molar-refractivity contribution in [2.24, 2.45) is 0 Å². The second-order valence-corrected chi connectivity index (χ2v) is 9.69. The first kappa shape index (κ1) is 20.8. The number of nitrogens with zero attached hydrogens (tertiary/aromatic N) is 1. The van der Waals surface area contributed by atoms with Gasteiger partial charge in [-0.3, -0.25) is 9.52 Å². The molecule has 1 fully saturated rings. The SMILES string of the molecule is Cc1cc2c(C)c(C(=O)N3CCCC3)oc2c(S(=O)(=O)Nc2ccccc2Cl)c1C. The molecule has 1 aromatic heterocycles. The maximum Gasteiger partial charge on any atom is 0.289 e. The van der Waals surface area contributed by atoms with Gasteiger partial charge in [-0.05, 0) is 62.9 Å². The lowest BCUT2D eigenvalue weighted by Crippen LogP contribution is -2.27. The smallest absolute Gasteiger partial charge is 0.289 e. The van der Waals surface area contributed by atoms with Crippen molar-refractivity contribution in [3.05, 3.63) is 57.8 Å². The molecule has 0 spiro atoms. The van der Waals surface area contributed by atoms with Gasteiger partial charge in [0.05, 0.1) is 10.7 Å². The number of rotatable bonds is 4. The number of sulfonamides is 1. The van der Waals surface area contributed by atoms with Gasteiger partial charge in [-0.1, -0.05) is 23.7 Å². The summed E-state index contributed by atoms with van der Waals surface area (Å²) < 4.78 is 35.2. The number of fused-ring (bicyclic) bond motifs is 1. The predicted octanol–water partition coefficient (Wildman–Crippen LogP) is 5.05. The van der Waals surface area contributed by atoms with Crippen LogP contribution in [0.15, 0.2) is 39.6 Å². The molecule has 1 N–H and O–H groups in total. The van der Waals surface area contributed by atoms with Gasteiger partial charge in [0, 0.05) is 24.0 Å². The summed E-state index contributed by atoms with van der Waals surface area (Å²) in [5.41, 5.74) is 2.49. The van der Waals surface area contributed by atoms with Crippen molar-refractivity contribution in [1.82, 2.24) is 4.90 Å².